The van der Waals surface area contributed by atoms with Crippen LogP contribution in [0.2, 0.25) is 0 Å². The van der Waals surface area contributed by atoms with Crippen molar-refractivity contribution >= 4 is 82.4 Å². The summed E-state index contributed by atoms with van der Waals surface area (Å²) < 4.78 is 6.25. The van der Waals surface area contributed by atoms with Crippen LogP contribution in [0.4, 0.5) is 17.1 Å². The molecule has 0 saturated carbocycles. The van der Waals surface area contributed by atoms with E-state index in [0.717, 1.165) is 50.0 Å². The van der Waals surface area contributed by atoms with Crippen LogP contribution in [-0.2, 0) is 0 Å². The second kappa shape index (κ2) is 10.1. The average Bonchev–Trinajstić information content (AvgIpc) is 3.70. The van der Waals surface area contributed by atoms with E-state index in [1.54, 1.807) is 0 Å². The average molecular weight is 601 g/mol. The monoisotopic (exact) mass is 600 g/mol. The molecule has 2 heterocycles. The Morgan fingerprint density at radius 2 is 0.979 bits per heavy atom. The standard InChI is InChI=1S/C44H28N2O/c1-3-11-30-25-32(21-19-28(30)9-1)46(33-22-20-29-10-2-4-12-31(29)26-33)34-23-24-40-39(27-34)37-16-7-15-36(44(37)45-40)35-14-8-18-42-43(35)38-13-5-6-17-41(38)47-42/h1-27,45H. The van der Waals surface area contributed by atoms with Crippen molar-refractivity contribution in [1.29, 1.82) is 0 Å². The molecule has 0 amide bonds. The molecule has 3 heteroatoms. The first-order chi connectivity index (χ1) is 23.3. The summed E-state index contributed by atoms with van der Waals surface area (Å²) in [7, 11) is 0. The Balaban J connectivity index is 1.19. The molecule has 2 aromatic heterocycles. The maximum atomic E-state index is 6.25. The number of hydrogen-bond donors (Lipinski definition) is 1. The number of benzene rings is 8. The van der Waals surface area contributed by atoms with Crippen molar-refractivity contribution in [3.63, 3.8) is 0 Å². The summed E-state index contributed by atoms with van der Waals surface area (Å²) in [4.78, 5) is 6.17. The van der Waals surface area contributed by atoms with Gasteiger partial charge in [0.2, 0.25) is 0 Å². The fourth-order valence-electron chi connectivity index (χ4n) is 7.35. The zero-order chi connectivity index (χ0) is 30.9. The van der Waals surface area contributed by atoms with Crippen molar-refractivity contribution in [2.45, 2.75) is 0 Å². The highest BCUT2D eigenvalue weighted by Gasteiger charge is 2.18. The quantitative estimate of drug-likeness (QED) is 0.218. The normalized spacial score (nSPS) is 11.8. The molecule has 0 aliphatic rings. The number of hydrogen-bond acceptors (Lipinski definition) is 2. The summed E-state index contributed by atoms with van der Waals surface area (Å²) in [5, 5.41) is 9.56. The molecule has 8 aromatic carbocycles. The van der Waals surface area contributed by atoms with Crippen molar-refractivity contribution in [3.05, 3.63) is 164 Å². The minimum absolute atomic E-state index is 0.903. The second-order valence-corrected chi connectivity index (χ2v) is 12.3. The Kier molecular flexibility index (Phi) is 5.57. The fourth-order valence-corrected chi connectivity index (χ4v) is 7.35. The van der Waals surface area contributed by atoms with Crippen molar-refractivity contribution in [2.75, 3.05) is 4.90 Å². The highest BCUT2D eigenvalue weighted by Crippen LogP contribution is 2.43. The SMILES string of the molecule is c1ccc2cc(N(c3ccc4ccccc4c3)c3ccc4[nH]c5c(-c6cccc7oc8ccccc8c67)cccc5c4c3)ccc2c1. The summed E-state index contributed by atoms with van der Waals surface area (Å²) >= 11 is 0. The molecule has 0 atom stereocenters. The minimum atomic E-state index is 0.903. The van der Waals surface area contributed by atoms with E-state index >= 15 is 0 Å². The van der Waals surface area contributed by atoms with Crippen LogP contribution >= 0.6 is 0 Å². The number of nitrogens with zero attached hydrogens (tertiary/aromatic N) is 1. The first-order valence-corrected chi connectivity index (χ1v) is 16.0. The van der Waals surface area contributed by atoms with Crippen LogP contribution in [0.25, 0.3) is 76.4 Å². The molecule has 0 unspecified atom stereocenters. The van der Waals surface area contributed by atoms with Crippen molar-refractivity contribution in [2.24, 2.45) is 0 Å². The van der Waals surface area contributed by atoms with Gasteiger partial charge in [-0.25, -0.2) is 0 Å². The van der Waals surface area contributed by atoms with E-state index in [9.17, 15) is 0 Å². The topological polar surface area (TPSA) is 32.2 Å². The van der Waals surface area contributed by atoms with Gasteiger partial charge in [-0.3, -0.25) is 0 Å². The van der Waals surface area contributed by atoms with Crippen molar-refractivity contribution in [3.8, 4) is 11.1 Å². The van der Waals surface area contributed by atoms with Gasteiger partial charge in [0, 0.05) is 49.7 Å². The third kappa shape index (κ3) is 4.07. The molecule has 0 aliphatic carbocycles. The van der Waals surface area contributed by atoms with Crippen LogP contribution in [0.3, 0.4) is 0 Å². The lowest BCUT2D eigenvalue weighted by molar-refractivity contribution is 0.669. The van der Waals surface area contributed by atoms with E-state index in [-0.39, 0.29) is 0 Å². The van der Waals surface area contributed by atoms with E-state index in [2.05, 4.69) is 162 Å². The van der Waals surface area contributed by atoms with Gasteiger partial charge in [-0.1, -0.05) is 109 Å². The molecule has 10 rings (SSSR count). The third-order valence-corrected chi connectivity index (χ3v) is 9.55. The molecule has 0 radical (unpaired) electrons. The maximum Gasteiger partial charge on any atom is 0.136 e. The van der Waals surface area contributed by atoms with Crippen molar-refractivity contribution < 1.29 is 4.42 Å². The number of para-hydroxylation sites is 2. The Morgan fingerprint density at radius 3 is 1.74 bits per heavy atom. The molecule has 0 fully saturated rings. The number of rotatable bonds is 4. The van der Waals surface area contributed by atoms with E-state index in [1.807, 2.05) is 12.1 Å². The Labute approximate surface area is 270 Å². The summed E-state index contributed by atoms with van der Waals surface area (Å²) in [6, 6.07) is 58.6. The minimum Gasteiger partial charge on any atom is -0.456 e. The zero-order valence-electron chi connectivity index (χ0n) is 25.4. The summed E-state index contributed by atoms with van der Waals surface area (Å²) in [5.41, 5.74) is 9.73. The molecule has 3 nitrogen and oxygen atoms in total. The lowest BCUT2D eigenvalue weighted by Crippen LogP contribution is -2.09. The lowest BCUT2D eigenvalue weighted by atomic mass is 9.97. The number of nitrogens with one attached hydrogen (secondary N) is 1. The number of H-pyrrole nitrogens is 1. The van der Waals surface area contributed by atoms with Crippen LogP contribution in [-0.4, -0.2) is 4.98 Å². The Bertz CT molecular complexity index is 2740. The number of furan rings is 1. The van der Waals surface area contributed by atoms with Gasteiger partial charge in [0.05, 0.1) is 5.52 Å². The van der Waals surface area contributed by atoms with Crippen LogP contribution in [0.15, 0.2) is 168 Å². The molecular weight excluding hydrogens is 572 g/mol. The number of aromatic nitrogens is 1. The molecule has 220 valence electrons. The molecule has 0 spiro atoms. The zero-order valence-corrected chi connectivity index (χ0v) is 25.4. The first kappa shape index (κ1) is 26.0. The molecular formula is C44H28N2O. The number of aromatic amines is 1. The smallest absolute Gasteiger partial charge is 0.136 e. The molecule has 47 heavy (non-hydrogen) atoms. The number of fused-ring (bicyclic) bond motifs is 8. The van der Waals surface area contributed by atoms with Gasteiger partial charge < -0.3 is 14.3 Å². The van der Waals surface area contributed by atoms with E-state index in [0.29, 0.717) is 0 Å². The molecule has 0 bridgehead atoms. The molecule has 10 aromatic rings. The lowest BCUT2D eigenvalue weighted by Gasteiger charge is -2.26. The van der Waals surface area contributed by atoms with Gasteiger partial charge in [0.25, 0.3) is 0 Å². The second-order valence-electron chi connectivity index (χ2n) is 12.3. The van der Waals surface area contributed by atoms with E-state index in [4.69, 9.17) is 4.42 Å². The first-order valence-electron chi connectivity index (χ1n) is 16.0. The Morgan fingerprint density at radius 1 is 0.404 bits per heavy atom. The predicted octanol–water partition coefficient (Wildman–Crippen LogP) is 12.7. The van der Waals surface area contributed by atoms with Gasteiger partial charge in [0.1, 0.15) is 11.2 Å². The maximum absolute atomic E-state index is 6.25. The highest BCUT2D eigenvalue weighted by atomic mass is 16.3. The van der Waals surface area contributed by atoms with Crippen molar-refractivity contribution in [1.82, 2.24) is 4.98 Å². The van der Waals surface area contributed by atoms with Crippen LogP contribution < -0.4 is 4.90 Å². The van der Waals surface area contributed by atoms with Gasteiger partial charge in [-0.15, -0.1) is 0 Å². The van der Waals surface area contributed by atoms with Gasteiger partial charge in [0.15, 0.2) is 0 Å². The summed E-state index contributed by atoms with van der Waals surface area (Å²) in [6.45, 7) is 0. The summed E-state index contributed by atoms with van der Waals surface area (Å²) in [5.74, 6) is 0. The predicted molar refractivity (Wildman–Crippen MR) is 198 cm³/mol. The number of anilines is 3. The van der Waals surface area contributed by atoms with Gasteiger partial charge in [-0.2, -0.15) is 0 Å². The molecule has 1 N–H and O–H groups in total. The van der Waals surface area contributed by atoms with Gasteiger partial charge in [-0.05, 0) is 81.7 Å². The molecule has 0 aliphatic heterocycles. The van der Waals surface area contributed by atoms with Crippen LogP contribution in [0, 0.1) is 0 Å². The largest absolute Gasteiger partial charge is 0.456 e. The van der Waals surface area contributed by atoms with Gasteiger partial charge >= 0.3 is 0 Å². The highest BCUT2D eigenvalue weighted by molar-refractivity contribution is 6.18. The summed E-state index contributed by atoms with van der Waals surface area (Å²) in [6.07, 6.45) is 0. The van der Waals surface area contributed by atoms with Crippen LogP contribution in [0.5, 0.6) is 0 Å². The third-order valence-electron chi connectivity index (χ3n) is 9.55. The fraction of sp³-hybridized carbons (Fsp3) is 0. The van der Waals surface area contributed by atoms with E-state index in [1.165, 1.54) is 43.4 Å². The molecule has 0 saturated heterocycles. The Hall–Kier alpha value is -6.32. The van der Waals surface area contributed by atoms with E-state index < -0.39 is 0 Å². The van der Waals surface area contributed by atoms with Crippen LogP contribution in [0.1, 0.15) is 0 Å².